The molecule has 4 rings (SSSR count). The van der Waals surface area contributed by atoms with E-state index in [4.69, 9.17) is 17.3 Å². The molecule has 184 valence electrons. The molecule has 0 unspecified atom stereocenters. The fourth-order valence-corrected chi connectivity index (χ4v) is 5.08. The molecular formula is C24H26ClN5O4S. The molecule has 1 aromatic carbocycles. The zero-order valence-electron chi connectivity index (χ0n) is 19.1. The Kier molecular flexibility index (Phi) is 7.13. The van der Waals surface area contributed by atoms with E-state index in [2.05, 4.69) is 15.0 Å². The van der Waals surface area contributed by atoms with Crippen molar-refractivity contribution in [3.05, 3.63) is 86.4 Å². The van der Waals surface area contributed by atoms with Gasteiger partial charge in [0.1, 0.15) is 18.1 Å². The van der Waals surface area contributed by atoms with Crippen LogP contribution in [-0.2, 0) is 33.7 Å². The molecule has 1 aliphatic rings. The van der Waals surface area contributed by atoms with Gasteiger partial charge in [-0.15, -0.1) is 0 Å². The number of amides is 1. The molecule has 4 N–H and O–H groups in total. The third-order valence-corrected chi connectivity index (χ3v) is 7.23. The second kappa shape index (κ2) is 10.1. The predicted octanol–water partition coefficient (Wildman–Crippen LogP) is 2.92. The maximum absolute atomic E-state index is 13.2. The van der Waals surface area contributed by atoms with E-state index in [1.165, 1.54) is 10.6 Å². The third kappa shape index (κ3) is 6.40. The van der Waals surface area contributed by atoms with E-state index in [1.807, 2.05) is 0 Å². The summed E-state index contributed by atoms with van der Waals surface area (Å²) in [5.74, 6) is -0.109. The smallest absolute Gasteiger partial charge is 0.275 e. The number of aromatic nitrogens is 2. The fourth-order valence-electron chi connectivity index (χ4n) is 3.76. The lowest BCUT2D eigenvalue weighted by Gasteiger charge is -2.16. The summed E-state index contributed by atoms with van der Waals surface area (Å²) in [6.07, 6.45) is 1.83. The predicted molar refractivity (Wildman–Crippen MR) is 136 cm³/mol. The average molecular weight is 516 g/mol. The van der Waals surface area contributed by atoms with Gasteiger partial charge in [-0.25, -0.2) is 13.4 Å². The quantitative estimate of drug-likeness (QED) is 0.401. The molecule has 1 saturated carbocycles. The highest BCUT2D eigenvalue weighted by atomic mass is 35.5. The van der Waals surface area contributed by atoms with E-state index in [1.54, 1.807) is 49.4 Å². The van der Waals surface area contributed by atoms with Crippen LogP contribution < -0.4 is 21.3 Å². The van der Waals surface area contributed by atoms with Crippen molar-refractivity contribution >= 4 is 39.0 Å². The number of halogens is 1. The van der Waals surface area contributed by atoms with Crippen molar-refractivity contribution in [2.24, 2.45) is 0 Å². The number of aryl methyl sites for hydroxylation is 1. The van der Waals surface area contributed by atoms with E-state index >= 15 is 0 Å². The number of hydrogen-bond acceptors (Lipinski definition) is 6. The molecule has 11 heteroatoms. The second-order valence-electron chi connectivity index (χ2n) is 8.58. The zero-order chi connectivity index (χ0) is 25.2. The zero-order valence-corrected chi connectivity index (χ0v) is 20.7. The first-order valence-electron chi connectivity index (χ1n) is 11.1. The Hall–Kier alpha value is -3.37. The van der Waals surface area contributed by atoms with Crippen molar-refractivity contribution < 1.29 is 13.2 Å². The molecule has 0 saturated heterocycles. The van der Waals surface area contributed by atoms with Crippen molar-refractivity contribution in [1.82, 2.24) is 14.9 Å². The third-order valence-electron chi connectivity index (χ3n) is 5.73. The van der Waals surface area contributed by atoms with Crippen LogP contribution in [0.3, 0.4) is 0 Å². The van der Waals surface area contributed by atoms with Crippen LogP contribution in [0.4, 0.5) is 11.5 Å². The SMILES string of the molecule is Cc1nc(N)ccc1CNC(=O)Cn1c(C2CC2)ccc(NS(=O)(=O)Cc2ccc(Cl)cc2)c1=O. The Balaban J connectivity index is 1.51. The van der Waals surface area contributed by atoms with Gasteiger partial charge in [0.2, 0.25) is 15.9 Å². The standard InChI is InChI=1S/C24H26ClN5O4S/c1-15-18(6-11-22(26)28-15)12-27-23(31)13-30-21(17-4-5-17)10-9-20(24(30)32)29-35(33,34)14-16-2-7-19(25)8-3-16/h2-3,6-11,17,29H,4-5,12-14H2,1H3,(H2,26,28)(H,27,31). The molecule has 2 heterocycles. The van der Waals surface area contributed by atoms with Crippen molar-refractivity contribution in [1.29, 1.82) is 0 Å². The van der Waals surface area contributed by atoms with Crippen LogP contribution in [0, 0.1) is 6.92 Å². The van der Waals surface area contributed by atoms with E-state index in [0.717, 1.165) is 24.1 Å². The summed E-state index contributed by atoms with van der Waals surface area (Å²) in [5, 5.41) is 3.30. The maximum Gasteiger partial charge on any atom is 0.275 e. The first-order valence-corrected chi connectivity index (χ1v) is 13.1. The topological polar surface area (TPSA) is 136 Å². The summed E-state index contributed by atoms with van der Waals surface area (Å²) >= 11 is 5.86. The van der Waals surface area contributed by atoms with Crippen LogP contribution in [0.15, 0.2) is 53.3 Å². The van der Waals surface area contributed by atoms with Gasteiger partial charge >= 0.3 is 0 Å². The van der Waals surface area contributed by atoms with Gasteiger partial charge in [0.05, 0.1) is 5.75 Å². The van der Waals surface area contributed by atoms with E-state index in [-0.39, 0.29) is 36.4 Å². The number of nitrogens with zero attached hydrogens (tertiary/aromatic N) is 2. The van der Waals surface area contributed by atoms with Gasteiger partial charge in [0, 0.05) is 23.0 Å². The normalized spacial score (nSPS) is 13.4. The molecule has 0 aliphatic heterocycles. The Bertz CT molecular complexity index is 1420. The highest BCUT2D eigenvalue weighted by molar-refractivity contribution is 7.91. The average Bonchev–Trinajstić information content (AvgIpc) is 3.62. The summed E-state index contributed by atoms with van der Waals surface area (Å²) < 4.78 is 29.1. The minimum atomic E-state index is -3.86. The molecule has 2 aromatic heterocycles. The van der Waals surface area contributed by atoms with Gasteiger partial charge in [-0.1, -0.05) is 29.8 Å². The lowest BCUT2D eigenvalue weighted by atomic mass is 10.2. The number of rotatable bonds is 9. The monoisotopic (exact) mass is 515 g/mol. The van der Waals surface area contributed by atoms with Crippen molar-refractivity contribution in [3.63, 3.8) is 0 Å². The molecular weight excluding hydrogens is 490 g/mol. The van der Waals surface area contributed by atoms with Gasteiger partial charge in [0.25, 0.3) is 5.56 Å². The molecule has 0 atom stereocenters. The number of nitrogen functional groups attached to an aromatic ring is 1. The Morgan fingerprint density at radius 1 is 1.14 bits per heavy atom. The minimum Gasteiger partial charge on any atom is -0.384 e. The highest BCUT2D eigenvalue weighted by Crippen LogP contribution is 2.39. The van der Waals surface area contributed by atoms with Crippen LogP contribution in [-0.4, -0.2) is 23.9 Å². The lowest BCUT2D eigenvalue weighted by Crippen LogP contribution is -2.35. The number of carbonyl (C=O) groups is 1. The number of pyridine rings is 2. The number of sulfonamides is 1. The van der Waals surface area contributed by atoms with Gasteiger partial charge in [-0.3, -0.25) is 14.3 Å². The van der Waals surface area contributed by atoms with Crippen LogP contribution in [0.25, 0.3) is 0 Å². The molecule has 1 amide bonds. The summed E-state index contributed by atoms with van der Waals surface area (Å²) in [6.45, 7) is 1.81. The number of hydrogen-bond donors (Lipinski definition) is 3. The van der Waals surface area contributed by atoms with Crippen LogP contribution in [0.1, 0.15) is 41.3 Å². The molecule has 1 fully saturated rings. The molecule has 35 heavy (non-hydrogen) atoms. The Morgan fingerprint density at radius 2 is 1.86 bits per heavy atom. The first kappa shape index (κ1) is 24.7. The maximum atomic E-state index is 13.2. The minimum absolute atomic E-state index is 0.102. The van der Waals surface area contributed by atoms with E-state index in [9.17, 15) is 18.0 Å². The molecule has 9 nitrogen and oxygen atoms in total. The number of carbonyl (C=O) groups excluding carboxylic acids is 1. The summed E-state index contributed by atoms with van der Waals surface area (Å²) in [4.78, 5) is 30.1. The molecule has 0 bridgehead atoms. The van der Waals surface area contributed by atoms with Gasteiger partial charge < -0.3 is 15.6 Å². The van der Waals surface area contributed by atoms with Gasteiger partial charge in [0.15, 0.2) is 0 Å². The fraction of sp³-hybridized carbons (Fsp3) is 0.292. The molecule has 0 radical (unpaired) electrons. The van der Waals surface area contributed by atoms with Crippen molar-refractivity contribution in [2.45, 2.75) is 44.5 Å². The van der Waals surface area contributed by atoms with Crippen LogP contribution >= 0.6 is 11.6 Å². The van der Waals surface area contributed by atoms with E-state index < -0.39 is 15.6 Å². The molecule has 1 aliphatic carbocycles. The summed E-state index contributed by atoms with van der Waals surface area (Å²) in [5.41, 5.74) is 7.77. The Labute approximate surface area is 208 Å². The molecule has 3 aromatic rings. The van der Waals surface area contributed by atoms with Gasteiger partial charge in [-0.2, -0.15) is 0 Å². The van der Waals surface area contributed by atoms with Crippen molar-refractivity contribution in [2.75, 3.05) is 10.5 Å². The van der Waals surface area contributed by atoms with Crippen LogP contribution in [0.2, 0.25) is 5.02 Å². The number of anilines is 2. The lowest BCUT2D eigenvalue weighted by molar-refractivity contribution is -0.121. The van der Waals surface area contributed by atoms with E-state index in [0.29, 0.717) is 22.1 Å². The Morgan fingerprint density at radius 3 is 2.51 bits per heavy atom. The van der Waals surface area contributed by atoms with Crippen LogP contribution in [0.5, 0.6) is 0 Å². The molecule has 0 spiro atoms. The number of benzene rings is 1. The summed E-state index contributed by atoms with van der Waals surface area (Å²) in [6, 6.07) is 13.0. The first-order chi connectivity index (χ1) is 16.6. The highest BCUT2D eigenvalue weighted by Gasteiger charge is 2.28. The number of nitrogens with one attached hydrogen (secondary N) is 2. The largest absolute Gasteiger partial charge is 0.384 e. The summed E-state index contributed by atoms with van der Waals surface area (Å²) in [7, 11) is -3.86. The second-order valence-corrected chi connectivity index (χ2v) is 10.7. The van der Waals surface area contributed by atoms with Gasteiger partial charge in [-0.05, 0) is 67.1 Å². The number of nitrogens with two attached hydrogens (primary N) is 1. The van der Waals surface area contributed by atoms with Crippen molar-refractivity contribution in [3.8, 4) is 0 Å².